The van der Waals surface area contributed by atoms with Crippen LogP contribution in [0.5, 0.6) is 0 Å². The summed E-state index contributed by atoms with van der Waals surface area (Å²) in [6.45, 7) is 16.7. The van der Waals surface area contributed by atoms with Crippen molar-refractivity contribution in [2.24, 2.45) is 11.7 Å². The predicted octanol–water partition coefficient (Wildman–Crippen LogP) is 3.88. The van der Waals surface area contributed by atoms with Gasteiger partial charge in [-0.15, -0.1) is 0 Å². The van der Waals surface area contributed by atoms with Crippen LogP contribution in [0.2, 0.25) is 0 Å². The molecular formula is C38H62N2O9. The van der Waals surface area contributed by atoms with Crippen molar-refractivity contribution in [1.82, 2.24) is 5.32 Å². The second-order valence-corrected chi connectivity index (χ2v) is 15.7. The molecule has 9 aliphatic rings. The predicted molar refractivity (Wildman–Crippen MR) is 184 cm³/mol. The van der Waals surface area contributed by atoms with E-state index in [1.165, 1.54) is 18.4 Å². The van der Waals surface area contributed by atoms with E-state index in [1.807, 2.05) is 0 Å². The third-order valence-corrected chi connectivity index (χ3v) is 11.7. The molecule has 0 spiro atoms. The number of nitrogens with two attached hydrogens (primary N) is 1. The molecule has 0 aliphatic carbocycles. The Morgan fingerprint density at radius 3 is 2.29 bits per heavy atom. The number of ketones is 1. The lowest BCUT2D eigenvalue weighted by Crippen LogP contribution is -2.61. The van der Waals surface area contributed by atoms with E-state index in [-0.39, 0.29) is 61.0 Å². The van der Waals surface area contributed by atoms with Gasteiger partial charge in [-0.1, -0.05) is 25.7 Å². The number of aliphatic hydroxyl groups excluding tert-OH is 1. The molecule has 4 N–H and O–H groups in total. The van der Waals surface area contributed by atoms with Gasteiger partial charge in [-0.2, -0.15) is 0 Å². The summed E-state index contributed by atoms with van der Waals surface area (Å²) in [5.74, 6) is 0.0754. The van der Waals surface area contributed by atoms with Crippen molar-refractivity contribution in [3.8, 4) is 0 Å². The Morgan fingerprint density at radius 1 is 0.918 bits per heavy atom. The maximum absolute atomic E-state index is 12.9. The summed E-state index contributed by atoms with van der Waals surface area (Å²) >= 11 is 0. The van der Waals surface area contributed by atoms with Gasteiger partial charge in [0.1, 0.15) is 36.3 Å². The van der Waals surface area contributed by atoms with Crippen LogP contribution < -0.4 is 11.1 Å². The van der Waals surface area contributed by atoms with Gasteiger partial charge in [-0.25, -0.2) is 0 Å². The Hall–Kier alpha value is -1.25. The van der Waals surface area contributed by atoms with Crippen molar-refractivity contribution in [3.05, 3.63) is 24.3 Å². The lowest BCUT2D eigenvalue weighted by Gasteiger charge is -2.47. The van der Waals surface area contributed by atoms with Crippen LogP contribution in [0.3, 0.4) is 0 Å². The summed E-state index contributed by atoms with van der Waals surface area (Å²) in [4.78, 5) is 12.9. The highest BCUT2D eigenvalue weighted by Crippen LogP contribution is 2.54. The highest BCUT2D eigenvalue weighted by atomic mass is 16.8. The highest BCUT2D eigenvalue weighted by molar-refractivity contribution is 5.79. The van der Waals surface area contributed by atoms with Crippen LogP contribution in [-0.2, 0) is 38.0 Å². The minimum Gasteiger partial charge on any atom is -0.392 e. The molecule has 6 bridgehead atoms. The third kappa shape index (κ3) is 9.04. The van der Waals surface area contributed by atoms with Crippen LogP contribution >= 0.6 is 0 Å². The Labute approximate surface area is 292 Å². The van der Waals surface area contributed by atoms with Gasteiger partial charge in [0.2, 0.25) is 0 Å². The molecule has 0 aromatic rings. The first-order chi connectivity index (χ1) is 23.6. The van der Waals surface area contributed by atoms with Gasteiger partial charge in [0.15, 0.2) is 5.79 Å². The van der Waals surface area contributed by atoms with Crippen molar-refractivity contribution in [3.63, 3.8) is 0 Å². The number of nitrogens with one attached hydrogen (secondary N) is 1. The molecule has 14 atom stereocenters. The van der Waals surface area contributed by atoms with Gasteiger partial charge >= 0.3 is 0 Å². The highest BCUT2D eigenvalue weighted by Gasteiger charge is 2.68. The van der Waals surface area contributed by atoms with Gasteiger partial charge in [0.05, 0.1) is 49.8 Å². The number of carbonyl (C=O) groups excluding carboxylic acids is 1. The molecule has 0 amide bonds. The van der Waals surface area contributed by atoms with E-state index in [0.717, 1.165) is 70.1 Å². The van der Waals surface area contributed by atoms with Crippen LogP contribution in [-0.4, -0.2) is 116 Å². The molecule has 9 saturated heterocycles. The second kappa shape index (κ2) is 16.6. The normalized spacial score (nSPS) is 44.0. The molecule has 9 rings (SSSR count). The lowest BCUT2D eigenvalue weighted by molar-refractivity contribution is -0.292. The van der Waals surface area contributed by atoms with Crippen molar-refractivity contribution in [1.29, 1.82) is 0 Å². The van der Waals surface area contributed by atoms with Gasteiger partial charge in [-0.05, 0) is 83.2 Å². The van der Waals surface area contributed by atoms with Crippen molar-refractivity contribution in [2.75, 3.05) is 26.3 Å². The SMILES string of the molecule is C=C1CC[C@H](CC)OC1.C=C1COC(CC[C@@]23CC4OC5C(O2)[C@H]2OC(CC(=O)CC6CCN[C@H]6C)CCC2O[C@H]5C4O3)C1.CC(O)CN. The van der Waals surface area contributed by atoms with Crippen molar-refractivity contribution < 1.29 is 43.1 Å². The smallest absolute Gasteiger partial charge is 0.172 e. The zero-order valence-electron chi connectivity index (χ0n) is 30.0. The largest absolute Gasteiger partial charge is 0.392 e. The molecule has 49 heavy (non-hydrogen) atoms. The third-order valence-electron chi connectivity index (χ3n) is 11.7. The Balaban J connectivity index is 0.000000250. The minimum absolute atomic E-state index is 0.00833. The van der Waals surface area contributed by atoms with E-state index in [4.69, 9.17) is 44.0 Å². The van der Waals surface area contributed by atoms with Crippen LogP contribution in [0.4, 0.5) is 0 Å². The molecule has 278 valence electrons. The van der Waals surface area contributed by atoms with E-state index < -0.39 is 5.79 Å². The number of hydrogen-bond acceptors (Lipinski definition) is 11. The summed E-state index contributed by atoms with van der Waals surface area (Å²) in [6, 6.07) is 0.418. The summed E-state index contributed by atoms with van der Waals surface area (Å²) < 4.78 is 44.3. The molecule has 9 unspecified atom stereocenters. The lowest BCUT2D eigenvalue weighted by atomic mass is 9.86. The molecule has 0 aromatic heterocycles. The molecule has 9 aliphatic heterocycles. The van der Waals surface area contributed by atoms with Gasteiger partial charge in [-0.3, -0.25) is 4.79 Å². The van der Waals surface area contributed by atoms with Crippen LogP contribution in [0, 0.1) is 5.92 Å². The summed E-state index contributed by atoms with van der Waals surface area (Å²) in [7, 11) is 0. The average Bonchev–Trinajstić information content (AvgIpc) is 3.82. The van der Waals surface area contributed by atoms with Gasteiger partial charge in [0.25, 0.3) is 0 Å². The summed E-state index contributed by atoms with van der Waals surface area (Å²) in [5.41, 5.74) is 7.33. The van der Waals surface area contributed by atoms with Crippen LogP contribution in [0.25, 0.3) is 0 Å². The molecule has 11 heteroatoms. The number of fused-ring (bicyclic) bond motifs is 1. The first kappa shape index (κ1) is 37.5. The molecule has 0 saturated carbocycles. The maximum atomic E-state index is 12.9. The minimum atomic E-state index is -0.674. The fourth-order valence-electron chi connectivity index (χ4n) is 8.77. The van der Waals surface area contributed by atoms with Crippen molar-refractivity contribution >= 4 is 5.78 Å². The number of carbonyl (C=O) groups is 1. The zero-order valence-corrected chi connectivity index (χ0v) is 30.0. The first-order valence-electron chi connectivity index (χ1n) is 19.1. The van der Waals surface area contributed by atoms with Gasteiger partial charge in [0, 0.05) is 38.3 Å². The molecule has 11 nitrogen and oxygen atoms in total. The maximum Gasteiger partial charge on any atom is 0.172 e. The first-order valence-corrected chi connectivity index (χ1v) is 19.1. The van der Waals surface area contributed by atoms with Crippen molar-refractivity contribution in [2.45, 2.75) is 177 Å². The summed E-state index contributed by atoms with van der Waals surface area (Å²) in [6.07, 6.45) is 10.2. The van der Waals surface area contributed by atoms with E-state index in [2.05, 4.69) is 32.3 Å². The average molecular weight is 691 g/mol. The van der Waals surface area contributed by atoms with Gasteiger partial charge < -0.3 is 49.3 Å². The number of hydrogen-bond donors (Lipinski definition) is 3. The van der Waals surface area contributed by atoms with E-state index in [9.17, 15) is 4.79 Å². The standard InChI is InChI=1S/C27H39NO7.C8H14O.C3H9NO/c1-14-9-18(30-13-14)5-7-27-12-21-23(34-27)24-25(33-21)26(35-27)22-20(32-24)4-3-19(31-22)11-17(29)10-16-6-8-28-15(16)2;1-3-8-5-4-7(2)6-9-8;1-3(5)2-4/h15-16,18-26,28H,1,3-13H2,2H3;8H,2-6H2,1H3;3,5H,2,4H2,1H3/t15-,16?,18?,19?,20?,21?,22-,23?,24-,25?,26?,27-;8-;/m00./s1. The van der Waals surface area contributed by atoms with Crippen LogP contribution in [0.15, 0.2) is 24.3 Å². The molecule has 9 fully saturated rings. The number of rotatable bonds is 9. The van der Waals surface area contributed by atoms with E-state index in [0.29, 0.717) is 49.8 Å². The Bertz CT molecular complexity index is 1140. The van der Waals surface area contributed by atoms with Crippen LogP contribution in [0.1, 0.15) is 97.8 Å². The molecular weight excluding hydrogens is 628 g/mol. The fourth-order valence-corrected chi connectivity index (χ4v) is 8.77. The fraction of sp³-hybridized carbons (Fsp3) is 0.868. The Morgan fingerprint density at radius 2 is 1.63 bits per heavy atom. The quantitative estimate of drug-likeness (QED) is 0.304. The topological polar surface area (TPSA) is 140 Å². The van der Waals surface area contributed by atoms with E-state index >= 15 is 0 Å². The second-order valence-electron chi connectivity index (χ2n) is 15.7. The molecule has 0 aromatic carbocycles. The zero-order chi connectivity index (χ0) is 34.7. The van der Waals surface area contributed by atoms with E-state index in [1.54, 1.807) is 6.92 Å². The molecule has 9 heterocycles. The monoisotopic (exact) mass is 690 g/mol. The molecule has 0 radical (unpaired) electrons. The Kier molecular flexibility index (Phi) is 12.7. The number of Topliss-reactive ketones (excluding diaryl/α,β-unsaturated/α-hetero) is 1. The summed E-state index contributed by atoms with van der Waals surface area (Å²) in [5, 5.41) is 11.7. The number of ether oxygens (including phenoxy) is 7. The number of aliphatic hydroxyl groups is 1.